The summed E-state index contributed by atoms with van der Waals surface area (Å²) in [5, 5.41) is 9.06. The quantitative estimate of drug-likeness (QED) is 0.669. The van der Waals surface area contributed by atoms with Crippen LogP contribution in [0.25, 0.3) is 0 Å². The normalized spacial score (nSPS) is 29.7. The van der Waals surface area contributed by atoms with Crippen LogP contribution in [0.2, 0.25) is 0 Å². The molecule has 0 spiro atoms. The van der Waals surface area contributed by atoms with E-state index in [0.29, 0.717) is 12.5 Å². The molecule has 1 N–H and O–H groups in total. The van der Waals surface area contributed by atoms with E-state index in [-0.39, 0.29) is 0 Å². The van der Waals surface area contributed by atoms with Crippen molar-refractivity contribution in [3.63, 3.8) is 0 Å². The van der Waals surface area contributed by atoms with E-state index in [2.05, 4.69) is 0 Å². The van der Waals surface area contributed by atoms with Crippen LogP contribution in [0.4, 0.5) is 0 Å². The standard InChI is InChI=1S/C8H14OS/c9-3-8(6-1-2-6)7-4-10-5-7/h6-9H,1-5H2. The lowest BCUT2D eigenvalue weighted by molar-refractivity contribution is 0.170. The largest absolute Gasteiger partial charge is 0.396 e. The molecule has 1 saturated heterocycles. The zero-order valence-electron chi connectivity index (χ0n) is 6.12. The number of hydrogen-bond acceptors (Lipinski definition) is 2. The Hall–Kier alpha value is 0.310. The van der Waals surface area contributed by atoms with E-state index < -0.39 is 0 Å². The van der Waals surface area contributed by atoms with Crippen LogP contribution in [-0.4, -0.2) is 23.2 Å². The van der Waals surface area contributed by atoms with Crippen molar-refractivity contribution >= 4 is 11.8 Å². The van der Waals surface area contributed by atoms with E-state index in [0.717, 1.165) is 11.8 Å². The van der Waals surface area contributed by atoms with Crippen LogP contribution >= 0.6 is 11.8 Å². The Kier molecular flexibility index (Phi) is 1.92. The predicted octanol–water partition coefficient (Wildman–Crippen LogP) is 1.37. The molecule has 10 heavy (non-hydrogen) atoms. The molecule has 58 valence electrons. The van der Waals surface area contributed by atoms with E-state index in [1.54, 1.807) is 0 Å². The van der Waals surface area contributed by atoms with Gasteiger partial charge in [0.2, 0.25) is 0 Å². The van der Waals surface area contributed by atoms with Crippen LogP contribution in [0, 0.1) is 17.8 Å². The Morgan fingerprint density at radius 2 is 2.00 bits per heavy atom. The van der Waals surface area contributed by atoms with Gasteiger partial charge >= 0.3 is 0 Å². The van der Waals surface area contributed by atoms with Crippen LogP contribution in [0.1, 0.15) is 12.8 Å². The maximum absolute atomic E-state index is 9.06. The molecule has 0 bridgehead atoms. The number of aliphatic hydroxyl groups is 1. The van der Waals surface area contributed by atoms with Gasteiger partial charge in [0.1, 0.15) is 0 Å². The molecule has 0 aromatic heterocycles. The van der Waals surface area contributed by atoms with Gasteiger partial charge in [0.05, 0.1) is 0 Å². The van der Waals surface area contributed by atoms with E-state index in [1.807, 2.05) is 11.8 Å². The molecule has 1 unspecified atom stereocenters. The summed E-state index contributed by atoms with van der Waals surface area (Å²) < 4.78 is 0. The van der Waals surface area contributed by atoms with Gasteiger partial charge in [-0.3, -0.25) is 0 Å². The molecule has 1 aliphatic heterocycles. The average molecular weight is 158 g/mol. The van der Waals surface area contributed by atoms with Crippen molar-refractivity contribution in [2.24, 2.45) is 17.8 Å². The molecule has 0 aromatic rings. The Morgan fingerprint density at radius 3 is 2.30 bits per heavy atom. The summed E-state index contributed by atoms with van der Waals surface area (Å²) in [4.78, 5) is 0. The maximum Gasteiger partial charge on any atom is 0.0465 e. The monoisotopic (exact) mass is 158 g/mol. The zero-order chi connectivity index (χ0) is 6.97. The molecule has 0 radical (unpaired) electrons. The smallest absolute Gasteiger partial charge is 0.0465 e. The first kappa shape index (κ1) is 6.99. The fraction of sp³-hybridized carbons (Fsp3) is 1.00. The third-order valence-corrected chi connectivity index (χ3v) is 4.04. The van der Waals surface area contributed by atoms with Gasteiger partial charge in [0.15, 0.2) is 0 Å². The summed E-state index contributed by atoms with van der Waals surface area (Å²) in [6.07, 6.45) is 2.76. The molecule has 2 aliphatic rings. The maximum atomic E-state index is 9.06. The fourth-order valence-corrected chi connectivity index (χ4v) is 2.71. The second-order valence-corrected chi connectivity index (χ2v) is 4.56. The van der Waals surface area contributed by atoms with Crippen molar-refractivity contribution in [1.82, 2.24) is 0 Å². The molecular formula is C8H14OS. The molecule has 0 amide bonds. The molecule has 1 nitrogen and oxygen atoms in total. The van der Waals surface area contributed by atoms with Gasteiger partial charge in [-0.1, -0.05) is 0 Å². The minimum atomic E-state index is 0.440. The second kappa shape index (κ2) is 2.74. The zero-order valence-corrected chi connectivity index (χ0v) is 6.94. The number of hydrogen-bond donors (Lipinski definition) is 1. The highest BCUT2D eigenvalue weighted by Crippen LogP contribution is 2.45. The van der Waals surface area contributed by atoms with Crippen LogP contribution in [0.15, 0.2) is 0 Å². The van der Waals surface area contributed by atoms with Gasteiger partial charge in [-0.05, 0) is 42.1 Å². The molecule has 2 fully saturated rings. The van der Waals surface area contributed by atoms with Gasteiger partial charge in [0, 0.05) is 6.61 Å². The first-order chi connectivity index (χ1) is 4.92. The van der Waals surface area contributed by atoms with Gasteiger partial charge in [-0.15, -0.1) is 0 Å². The van der Waals surface area contributed by atoms with Crippen LogP contribution in [0.3, 0.4) is 0 Å². The van der Waals surface area contributed by atoms with Crippen molar-refractivity contribution < 1.29 is 5.11 Å². The summed E-state index contributed by atoms with van der Waals surface area (Å²) in [7, 11) is 0. The summed E-state index contributed by atoms with van der Waals surface area (Å²) in [6.45, 7) is 0.440. The van der Waals surface area contributed by atoms with Crippen molar-refractivity contribution in [1.29, 1.82) is 0 Å². The van der Waals surface area contributed by atoms with Crippen molar-refractivity contribution in [2.75, 3.05) is 18.1 Å². The van der Waals surface area contributed by atoms with E-state index >= 15 is 0 Å². The topological polar surface area (TPSA) is 20.2 Å². The summed E-state index contributed by atoms with van der Waals surface area (Å²) in [5.74, 6) is 5.04. The average Bonchev–Trinajstić information content (AvgIpc) is 2.58. The number of aliphatic hydroxyl groups excluding tert-OH is 1. The van der Waals surface area contributed by atoms with Crippen molar-refractivity contribution in [2.45, 2.75) is 12.8 Å². The molecule has 1 heterocycles. The van der Waals surface area contributed by atoms with Crippen molar-refractivity contribution in [3.8, 4) is 0 Å². The summed E-state index contributed by atoms with van der Waals surface area (Å²) in [6, 6.07) is 0. The Bertz CT molecular complexity index is 118. The molecule has 2 rings (SSSR count). The highest BCUT2D eigenvalue weighted by Gasteiger charge is 2.38. The van der Waals surface area contributed by atoms with Crippen LogP contribution < -0.4 is 0 Å². The van der Waals surface area contributed by atoms with E-state index in [9.17, 15) is 0 Å². The molecule has 1 aliphatic carbocycles. The lowest BCUT2D eigenvalue weighted by Gasteiger charge is -2.32. The number of rotatable bonds is 3. The fourth-order valence-electron chi connectivity index (χ4n) is 1.71. The second-order valence-electron chi connectivity index (χ2n) is 3.48. The SMILES string of the molecule is OCC(C1CC1)C1CSC1. The van der Waals surface area contributed by atoms with E-state index in [4.69, 9.17) is 5.11 Å². The molecule has 0 aromatic carbocycles. The van der Waals surface area contributed by atoms with Gasteiger partial charge in [0.25, 0.3) is 0 Å². The van der Waals surface area contributed by atoms with Gasteiger partial charge in [-0.2, -0.15) is 11.8 Å². The third-order valence-electron chi connectivity index (χ3n) is 2.71. The highest BCUT2D eigenvalue weighted by atomic mass is 32.2. The minimum Gasteiger partial charge on any atom is -0.396 e. The minimum absolute atomic E-state index is 0.440. The predicted molar refractivity (Wildman–Crippen MR) is 44.1 cm³/mol. The Labute approximate surface area is 66.2 Å². The number of thioether (sulfide) groups is 1. The third kappa shape index (κ3) is 1.19. The van der Waals surface area contributed by atoms with Crippen LogP contribution in [0.5, 0.6) is 0 Å². The van der Waals surface area contributed by atoms with E-state index in [1.165, 1.54) is 24.3 Å². The molecule has 1 atom stereocenters. The van der Waals surface area contributed by atoms with Crippen LogP contribution in [-0.2, 0) is 0 Å². The first-order valence-corrected chi connectivity index (χ1v) is 5.26. The lowest BCUT2D eigenvalue weighted by atomic mass is 9.91. The molecule has 2 heteroatoms. The first-order valence-electron chi connectivity index (χ1n) is 4.10. The summed E-state index contributed by atoms with van der Waals surface area (Å²) >= 11 is 2.02. The van der Waals surface area contributed by atoms with Gasteiger partial charge in [-0.25, -0.2) is 0 Å². The Morgan fingerprint density at radius 1 is 1.30 bits per heavy atom. The van der Waals surface area contributed by atoms with Crippen molar-refractivity contribution in [3.05, 3.63) is 0 Å². The van der Waals surface area contributed by atoms with Gasteiger partial charge < -0.3 is 5.11 Å². The molecular weight excluding hydrogens is 144 g/mol. The Balaban J connectivity index is 1.84. The highest BCUT2D eigenvalue weighted by molar-refractivity contribution is 8.00. The molecule has 1 saturated carbocycles. The lowest BCUT2D eigenvalue weighted by Crippen LogP contribution is -2.31. The summed E-state index contributed by atoms with van der Waals surface area (Å²) in [5.41, 5.74) is 0.